The Labute approximate surface area is 92.1 Å². The van der Waals surface area contributed by atoms with Gasteiger partial charge in [-0.25, -0.2) is 14.4 Å². The van der Waals surface area contributed by atoms with Crippen molar-refractivity contribution in [3.63, 3.8) is 0 Å². The molecular weight excluding hydrogens is 209 g/mol. The van der Waals surface area contributed by atoms with E-state index in [-0.39, 0.29) is 5.82 Å². The molecule has 0 unspecified atom stereocenters. The molecule has 1 N–H and O–H groups in total. The van der Waals surface area contributed by atoms with Crippen molar-refractivity contribution in [2.24, 2.45) is 0 Å². The van der Waals surface area contributed by atoms with E-state index in [1.165, 1.54) is 19.2 Å². The maximum atomic E-state index is 12.9. The monoisotopic (exact) mass is 219 g/mol. The number of ether oxygens (including phenoxy) is 1. The lowest BCUT2D eigenvalue weighted by molar-refractivity contribution is 0.413. The van der Waals surface area contributed by atoms with E-state index in [0.717, 1.165) is 0 Å². The van der Waals surface area contributed by atoms with Crippen LogP contribution >= 0.6 is 0 Å². The molecule has 0 fully saturated rings. The van der Waals surface area contributed by atoms with Crippen LogP contribution < -0.4 is 10.1 Å². The number of methoxy groups -OCH3 is 1. The van der Waals surface area contributed by atoms with Crippen LogP contribution in [0.4, 0.5) is 16.0 Å². The fourth-order valence-electron chi connectivity index (χ4n) is 1.25. The Morgan fingerprint density at radius 1 is 1.25 bits per heavy atom. The zero-order chi connectivity index (χ0) is 11.4. The van der Waals surface area contributed by atoms with Gasteiger partial charge in [-0.15, -0.1) is 0 Å². The van der Waals surface area contributed by atoms with Crippen molar-refractivity contribution >= 4 is 11.6 Å². The fraction of sp³-hybridized carbons (Fsp3) is 0.0909. The van der Waals surface area contributed by atoms with Crippen LogP contribution in [0, 0.1) is 5.82 Å². The molecule has 0 radical (unpaired) electrons. The van der Waals surface area contributed by atoms with Gasteiger partial charge in [0.25, 0.3) is 0 Å². The quantitative estimate of drug-likeness (QED) is 0.860. The summed E-state index contributed by atoms with van der Waals surface area (Å²) < 4.78 is 18.0. The zero-order valence-electron chi connectivity index (χ0n) is 8.64. The van der Waals surface area contributed by atoms with Crippen molar-refractivity contribution in [1.29, 1.82) is 0 Å². The summed E-state index contributed by atoms with van der Waals surface area (Å²) in [4.78, 5) is 8.00. The van der Waals surface area contributed by atoms with Crippen LogP contribution in [-0.2, 0) is 0 Å². The molecule has 0 aliphatic rings. The minimum atomic E-state index is -0.351. The van der Waals surface area contributed by atoms with Crippen LogP contribution in [0.2, 0.25) is 0 Å². The van der Waals surface area contributed by atoms with Gasteiger partial charge in [-0.05, 0) is 18.2 Å². The first-order valence-corrected chi connectivity index (χ1v) is 4.67. The summed E-state index contributed by atoms with van der Waals surface area (Å²) in [6.07, 6.45) is 3.23. The van der Waals surface area contributed by atoms with Gasteiger partial charge in [0.1, 0.15) is 11.6 Å². The second kappa shape index (κ2) is 4.57. The Morgan fingerprint density at radius 2 is 2.00 bits per heavy atom. The van der Waals surface area contributed by atoms with Gasteiger partial charge in [0.15, 0.2) is 0 Å². The van der Waals surface area contributed by atoms with E-state index >= 15 is 0 Å². The Bertz CT molecular complexity index is 476. The number of hydrogen-bond acceptors (Lipinski definition) is 4. The second-order valence-electron chi connectivity index (χ2n) is 3.04. The minimum absolute atomic E-state index is 0.351. The third-order valence-corrected chi connectivity index (χ3v) is 1.98. The average molecular weight is 219 g/mol. The molecule has 0 saturated heterocycles. The summed E-state index contributed by atoms with van der Waals surface area (Å²) in [5.74, 6) is 0.497. The van der Waals surface area contributed by atoms with Crippen LogP contribution in [0.3, 0.4) is 0 Å². The lowest BCUT2D eigenvalue weighted by Gasteiger charge is -2.09. The Balaban J connectivity index is 2.28. The number of hydrogen-bond donors (Lipinski definition) is 1. The third-order valence-electron chi connectivity index (χ3n) is 1.98. The SMILES string of the molecule is COc1cc(F)ccc1Nc1ncccn1. The van der Waals surface area contributed by atoms with Crippen molar-refractivity contribution in [2.45, 2.75) is 0 Å². The molecule has 0 bridgehead atoms. The van der Waals surface area contributed by atoms with E-state index in [0.29, 0.717) is 17.4 Å². The molecule has 2 aromatic rings. The van der Waals surface area contributed by atoms with E-state index in [9.17, 15) is 4.39 Å². The molecule has 82 valence electrons. The maximum absolute atomic E-state index is 12.9. The highest BCUT2D eigenvalue weighted by Gasteiger charge is 2.05. The summed E-state index contributed by atoms with van der Waals surface area (Å²) >= 11 is 0. The molecule has 0 aliphatic heterocycles. The van der Waals surface area contributed by atoms with Crippen molar-refractivity contribution in [3.8, 4) is 5.75 Å². The lowest BCUT2D eigenvalue weighted by Crippen LogP contribution is -1.98. The van der Waals surface area contributed by atoms with Crippen LogP contribution in [0.15, 0.2) is 36.7 Å². The predicted molar refractivity (Wildman–Crippen MR) is 58.3 cm³/mol. The highest BCUT2D eigenvalue weighted by atomic mass is 19.1. The number of nitrogens with one attached hydrogen (secondary N) is 1. The van der Waals surface area contributed by atoms with Gasteiger partial charge in [-0.3, -0.25) is 0 Å². The van der Waals surface area contributed by atoms with Crippen LogP contribution in [0.1, 0.15) is 0 Å². The normalized spacial score (nSPS) is 9.88. The number of anilines is 2. The lowest BCUT2D eigenvalue weighted by atomic mass is 10.3. The molecule has 4 nitrogen and oxygen atoms in total. The van der Waals surface area contributed by atoms with Crippen LogP contribution in [-0.4, -0.2) is 17.1 Å². The topological polar surface area (TPSA) is 47.0 Å². The molecule has 0 saturated carbocycles. The molecular formula is C11H10FN3O. The standard InChI is InChI=1S/C11H10FN3O/c1-16-10-7-8(12)3-4-9(10)15-11-13-5-2-6-14-11/h2-7H,1H3,(H,13,14,15). The van der Waals surface area contributed by atoms with E-state index in [1.54, 1.807) is 24.5 Å². The summed E-state index contributed by atoms with van der Waals surface area (Å²) in [6.45, 7) is 0. The number of rotatable bonds is 3. The van der Waals surface area contributed by atoms with Gasteiger partial charge >= 0.3 is 0 Å². The summed E-state index contributed by atoms with van der Waals surface area (Å²) in [6, 6.07) is 5.93. The first kappa shape index (κ1) is 10.4. The number of halogens is 1. The maximum Gasteiger partial charge on any atom is 0.227 e. The molecule has 0 aliphatic carbocycles. The molecule has 16 heavy (non-hydrogen) atoms. The molecule has 0 amide bonds. The van der Waals surface area contributed by atoms with Crippen molar-refractivity contribution in [3.05, 3.63) is 42.5 Å². The Kier molecular flexibility index (Phi) is 2.95. The minimum Gasteiger partial charge on any atom is -0.494 e. The van der Waals surface area contributed by atoms with Gasteiger partial charge in [-0.1, -0.05) is 0 Å². The fourth-order valence-corrected chi connectivity index (χ4v) is 1.25. The second-order valence-corrected chi connectivity index (χ2v) is 3.04. The summed E-state index contributed by atoms with van der Waals surface area (Å²) in [5, 5.41) is 2.94. The largest absolute Gasteiger partial charge is 0.494 e. The van der Waals surface area contributed by atoms with Gasteiger partial charge in [-0.2, -0.15) is 0 Å². The molecule has 5 heteroatoms. The van der Waals surface area contributed by atoms with Gasteiger partial charge in [0, 0.05) is 18.5 Å². The van der Waals surface area contributed by atoms with Crippen LogP contribution in [0.5, 0.6) is 5.75 Å². The van der Waals surface area contributed by atoms with E-state index in [1.807, 2.05) is 0 Å². The van der Waals surface area contributed by atoms with Crippen molar-refractivity contribution < 1.29 is 9.13 Å². The van der Waals surface area contributed by atoms with Crippen molar-refractivity contribution in [2.75, 3.05) is 12.4 Å². The van der Waals surface area contributed by atoms with E-state index in [4.69, 9.17) is 4.74 Å². The number of nitrogens with zero attached hydrogens (tertiary/aromatic N) is 2. The molecule has 1 heterocycles. The van der Waals surface area contributed by atoms with E-state index in [2.05, 4.69) is 15.3 Å². The van der Waals surface area contributed by atoms with Crippen molar-refractivity contribution in [1.82, 2.24) is 9.97 Å². The Hall–Kier alpha value is -2.17. The first-order chi connectivity index (χ1) is 7.79. The predicted octanol–water partition coefficient (Wildman–Crippen LogP) is 2.37. The highest BCUT2D eigenvalue weighted by molar-refractivity contribution is 5.62. The molecule has 1 aromatic carbocycles. The van der Waals surface area contributed by atoms with Gasteiger partial charge in [0.2, 0.25) is 5.95 Å². The van der Waals surface area contributed by atoms with Gasteiger partial charge in [0.05, 0.1) is 12.8 Å². The van der Waals surface area contributed by atoms with E-state index < -0.39 is 0 Å². The Morgan fingerprint density at radius 3 is 2.69 bits per heavy atom. The zero-order valence-corrected chi connectivity index (χ0v) is 8.64. The molecule has 0 atom stereocenters. The first-order valence-electron chi connectivity index (χ1n) is 4.67. The highest BCUT2D eigenvalue weighted by Crippen LogP contribution is 2.26. The molecule has 0 spiro atoms. The smallest absolute Gasteiger partial charge is 0.227 e. The van der Waals surface area contributed by atoms with Crippen LogP contribution in [0.25, 0.3) is 0 Å². The average Bonchev–Trinajstić information content (AvgIpc) is 2.33. The summed E-state index contributed by atoms with van der Waals surface area (Å²) in [7, 11) is 1.48. The molecule has 2 rings (SSSR count). The van der Waals surface area contributed by atoms with Gasteiger partial charge < -0.3 is 10.1 Å². The summed E-state index contributed by atoms with van der Waals surface area (Å²) in [5.41, 5.74) is 0.620. The third kappa shape index (κ3) is 2.25. The molecule has 1 aromatic heterocycles. The number of aromatic nitrogens is 2. The number of benzene rings is 1.